The van der Waals surface area contributed by atoms with Crippen LogP contribution >= 0.6 is 0 Å². The second kappa shape index (κ2) is 3.38. The molecule has 1 fully saturated rings. The van der Waals surface area contributed by atoms with Gasteiger partial charge in [-0.1, -0.05) is 0 Å². The summed E-state index contributed by atoms with van der Waals surface area (Å²) in [7, 11) is 0. The van der Waals surface area contributed by atoms with Crippen LogP contribution in [0.3, 0.4) is 0 Å². The molecule has 15 heavy (non-hydrogen) atoms. The Morgan fingerprint density at radius 1 is 1.47 bits per heavy atom. The predicted octanol–water partition coefficient (Wildman–Crippen LogP) is 0.0404. The Bertz CT molecular complexity index is 390. The van der Waals surface area contributed by atoms with Crippen molar-refractivity contribution < 1.29 is 4.79 Å². The number of nitrogens with two attached hydrogens (primary N) is 2. The molecule has 0 aromatic carbocycles. The lowest BCUT2D eigenvalue weighted by atomic mass is 10.2. The van der Waals surface area contributed by atoms with Gasteiger partial charge in [-0.05, 0) is 19.8 Å². The van der Waals surface area contributed by atoms with Gasteiger partial charge in [-0.3, -0.25) is 4.79 Å². The second-order valence-corrected chi connectivity index (χ2v) is 3.68. The molecule has 6 heteroatoms. The van der Waals surface area contributed by atoms with Crippen molar-refractivity contribution in [3.8, 4) is 0 Å². The number of amides is 1. The molecule has 80 valence electrons. The van der Waals surface area contributed by atoms with Crippen LogP contribution in [0.25, 0.3) is 0 Å². The Kier molecular flexibility index (Phi) is 2.18. The van der Waals surface area contributed by atoms with Crippen LogP contribution in [-0.2, 0) is 0 Å². The minimum atomic E-state index is -0.594. The van der Waals surface area contributed by atoms with Crippen molar-refractivity contribution in [2.45, 2.75) is 25.8 Å². The SMILES string of the molecule is Cc1nc(NC2CC2)nc(N)c1C(N)=O. The van der Waals surface area contributed by atoms with Gasteiger partial charge in [-0.15, -0.1) is 0 Å². The molecule has 0 atom stereocenters. The van der Waals surface area contributed by atoms with E-state index in [1.165, 1.54) is 0 Å². The highest BCUT2D eigenvalue weighted by atomic mass is 16.1. The van der Waals surface area contributed by atoms with Crippen LogP contribution < -0.4 is 16.8 Å². The topological polar surface area (TPSA) is 107 Å². The van der Waals surface area contributed by atoms with Crippen LogP contribution in [0.4, 0.5) is 11.8 Å². The average molecular weight is 207 g/mol. The van der Waals surface area contributed by atoms with Crippen LogP contribution in [-0.4, -0.2) is 21.9 Å². The van der Waals surface area contributed by atoms with Crippen molar-refractivity contribution in [1.82, 2.24) is 9.97 Å². The van der Waals surface area contributed by atoms with Crippen molar-refractivity contribution in [2.24, 2.45) is 5.73 Å². The third-order valence-corrected chi connectivity index (χ3v) is 2.27. The van der Waals surface area contributed by atoms with E-state index in [0.717, 1.165) is 12.8 Å². The maximum Gasteiger partial charge on any atom is 0.254 e. The minimum absolute atomic E-state index is 0.137. The van der Waals surface area contributed by atoms with Gasteiger partial charge >= 0.3 is 0 Å². The molecule has 0 spiro atoms. The maximum absolute atomic E-state index is 11.0. The standard InChI is InChI=1S/C9H13N5O/c1-4-6(8(11)15)7(10)14-9(12-4)13-5-2-3-5/h5H,2-3H2,1H3,(H2,11,15)(H3,10,12,13,14). The van der Waals surface area contributed by atoms with E-state index in [0.29, 0.717) is 17.7 Å². The first-order chi connectivity index (χ1) is 7.08. The zero-order chi connectivity index (χ0) is 11.0. The van der Waals surface area contributed by atoms with Crippen molar-refractivity contribution in [3.63, 3.8) is 0 Å². The van der Waals surface area contributed by atoms with E-state index in [1.807, 2.05) is 0 Å². The van der Waals surface area contributed by atoms with E-state index in [9.17, 15) is 4.79 Å². The normalized spacial score (nSPS) is 15.0. The Hall–Kier alpha value is -1.85. The molecular formula is C9H13N5O. The van der Waals surface area contributed by atoms with Gasteiger partial charge in [0, 0.05) is 6.04 Å². The molecule has 0 bridgehead atoms. The number of nitrogen functional groups attached to an aromatic ring is 1. The number of hydrogen-bond donors (Lipinski definition) is 3. The number of aryl methyl sites for hydroxylation is 1. The highest BCUT2D eigenvalue weighted by Gasteiger charge is 2.23. The highest BCUT2D eigenvalue weighted by molar-refractivity contribution is 5.98. The van der Waals surface area contributed by atoms with Gasteiger partial charge in [0.25, 0.3) is 5.91 Å². The van der Waals surface area contributed by atoms with Crippen LogP contribution in [0.5, 0.6) is 0 Å². The van der Waals surface area contributed by atoms with Crippen LogP contribution in [0, 0.1) is 6.92 Å². The molecule has 0 aliphatic heterocycles. The molecule has 0 radical (unpaired) electrons. The highest BCUT2D eigenvalue weighted by Crippen LogP contribution is 2.24. The Morgan fingerprint density at radius 3 is 2.60 bits per heavy atom. The maximum atomic E-state index is 11.0. The summed E-state index contributed by atoms with van der Waals surface area (Å²) in [5.74, 6) is 0.0126. The number of anilines is 2. The first kappa shape index (κ1) is 9.70. The van der Waals surface area contributed by atoms with E-state index in [1.54, 1.807) is 6.92 Å². The molecule has 1 aliphatic rings. The zero-order valence-electron chi connectivity index (χ0n) is 8.45. The molecule has 1 heterocycles. The van der Waals surface area contributed by atoms with Crippen LogP contribution in [0.15, 0.2) is 0 Å². The summed E-state index contributed by atoms with van der Waals surface area (Å²) >= 11 is 0. The van der Waals surface area contributed by atoms with Gasteiger partial charge in [0.15, 0.2) is 0 Å². The Labute approximate surface area is 87.1 Å². The molecule has 0 saturated heterocycles. The smallest absolute Gasteiger partial charge is 0.254 e. The number of rotatable bonds is 3. The van der Waals surface area contributed by atoms with Crippen molar-refractivity contribution in [3.05, 3.63) is 11.3 Å². The largest absolute Gasteiger partial charge is 0.383 e. The fourth-order valence-electron chi connectivity index (χ4n) is 1.37. The van der Waals surface area contributed by atoms with Gasteiger partial charge in [-0.25, -0.2) is 4.98 Å². The molecule has 1 amide bonds. The number of aromatic nitrogens is 2. The lowest BCUT2D eigenvalue weighted by Crippen LogP contribution is -2.19. The average Bonchev–Trinajstić information content (AvgIpc) is 2.85. The third kappa shape index (κ3) is 1.98. The molecule has 1 aliphatic carbocycles. The molecule has 2 rings (SSSR count). The summed E-state index contributed by atoms with van der Waals surface area (Å²) < 4.78 is 0. The van der Waals surface area contributed by atoms with E-state index >= 15 is 0 Å². The molecule has 1 aromatic rings. The summed E-state index contributed by atoms with van der Waals surface area (Å²) in [5.41, 5.74) is 11.5. The predicted molar refractivity (Wildman–Crippen MR) is 56.3 cm³/mol. The third-order valence-electron chi connectivity index (χ3n) is 2.27. The minimum Gasteiger partial charge on any atom is -0.383 e. The monoisotopic (exact) mass is 207 g/mol. The number of nitrogens with zero attached hydrogens (tertiary/aromatic N) is 2. The lowest BCUT2D eigenvalue weighted by molar-refractivity contribution is 0.1000. The van der Waals surface area contributed by atoms with Crippen LogP contribution in [0.2, 0.25) is 0 Å². The van der Waals surface area contributed by atoms with Gasteiger partial charge in [-0.2, -0.15) is 4.98 Å². The quantitative estimate of drug-likeness (QED) is 0.648. The summed E-state index contributed by atoms with van der Waals surface area (Å²) in [6, 6.07) is 0.447. The van der Waals surface area contributed by atoms with E-state index in [4.69, 9.17) is 11.5 Å². The fourth-order valence-corrected chi connectivity index (χ4v) is 1.37. The van der Waals surface area contributed by atoms with Gasteiger partial charge in [0.05, 0.1) is 5.69 Å². The molecule has 6 nitrogen and oxygen atoms in total. The number of hydrogen-bond acceptors (Lipinski definition) is 5. The van der Waals surface area contributed by atoms with E-state index in [2.05, 4.69) is 15.3 Å². The van der Waals surface area contributed by atoms with Gasteiger partial charge in [0.1, 0.15) is 11.4 Å². The van der Waals surface area contributed by atoms with Gasteiger partial charge in [0.2, 0.25) is 5.95 Å². The first-order valence-electron chi connectivity index (χ1n) is 4.78. The van der Waals surface area contributed by atoms with E-state index in [-0.39, 0.29) is 11.4 Å². The summed E-state index contributed by atoms with van der Waals surface area (Å²) in [4.78, 5) is 19.2. The van der Waals surface area contributed by atoms with Gasteiger partial charge < -0.3 is 16.8 Å². The molecule has 1 aromatic heterocycles. The van der Waals surface area contributed by atoms with Crippen molar-refractivity contribution >= 4 is 17.7 Å². The molecule has 5 N–H and O–H groups in total. The summed E-state index contributed by atoms with van der Waals surface area (Å²) in [6.07, 6.45) is 2.25. The first-order valence-corrected chi connectivity index (χ1v) is 4.78. The molecular weight excluding hydrogens is 194 g/mol. The zero-order valence-corrected chi connectivity index (χ0v) is 8.45. The molecule has 0 unspecified atom stereocenters. The number of primary amides is 1. The summed E-state index contributed by atoms with van der Waals surface area (Å²) in [6.45, 7) is 1.69. The number of carbonyl (C=O) groups excluding carboxylic acids is 1. The molecule has 1 saturated carbocycles. The Morgan fingerprint density at radius 2 is 2.13 bits per heavy atom. The fraction of sp³-hybridized carbons (Fsp3) is 0.444. The second-order valence-electron chi connectivity index (χ2n) is 3.68. The van der Waals surface area contributed by atoms with E-state index < -0.39 is 5.91 Å². The van der Waals surface area contributed by atoms with Crippen molar-refractivity contribution in [2.75, 3.05) is 11.1 Å². The van der Waals surface area contributed by atoms with Crippen LogP contribution in [0.1, 0.15) is 28.9 Å². The number of carbonyl (C=O) groups is 1. The Balaban J connectivity index is 2.32. The van der Waals surface area contributed by atoms with Crippen molar-refractivity contribution in [1.29, 1.82) is 0 Å². The number of nitrogens with one attached hydrogen (secondary N) is 1. The summed E-state index contributed by atoms with van der Waals surface area (Å²) in [5, 5.41) is 3.11. The lowest BCUT2D eigenvalue weighted by Gasteiger charge is -2.08.